The molecule has 1 rings (SSSR count). The summed E-state index contributed by atoms with van der Waals surface area (Å²) in [5.41, 5.74) is -3.17. The summed E-state index contributed by atoms with van der Waals surface area (Å²) in [5, 5.41) is 19.8. The third kappa shape index (κ3) is 3.09. The van der Waals surface area contributed by atoms with Crippen LogP contribution in [0.4, 0.5) is 0 Å². The Morgan fingerprint density at radius 3 is 2.00 bits per heavy atom. The van der Waals surface area contributed by atoms with Gasteiger partial charge in [-0.3, -0.25) is 4.57 Å². The van der Waals surface area contributed by atoms with E-state index in [2.05, 4.69) is 18.7 Å². The number of hydrogen-bond acceptors (Lipinski definition) is 5. The highest BCUT2D eigenvalue weighted by Gasteiger charge is 2.59. The van der Waals surface area contributed by atoms with Crippen molar-refractivity contribution in [3.63, 3.8) is 0 Å². The molecule has 5 nitrogen and oxygen atoms in total. The van der Waals surface area contributed by atoms with Crippen LogP contribution in [0.15, 0.2) is 43.0 Å². The first-order chi connectivity index (χ1) is 10.8. The first-order valence-electron chi connectivity index (χ1n) is 7.00. The minimum Gasteiger partial charge on any atom is -0.311 e. The maximum atomic E-state index is 13.2. The van der Waals surface area contributed by atoms with Gasteiger partial charge in [0.25, 0.3) is 0 Å². The lowest BCUT2D eigenvalue weighted by molar-refractivity contribution is 0.201. The van der Waals surface area contributed by atoms with Crippen LogP contribution in [0, 0.1) is 33.5 Å². The van der Waals surface area contributed by atoms with E-state index in [1.165, 1.54) is 20.3 Å². The third-order valence-corrected chi connectivity index (χ3v) is 6.57. The van der Waals surface area contributed by atoms with Gasteiger partial charge < -0.3 is 9.05 Å². The van der Waals surface area contributed by atoms with E-state index < -0.39 is 24.1 Å². The molecule has 0 saturated carbocycles. The highest BCUT2D eigenvalue weighted by atomic mass is 31.2. The molecule has 0 amide bonds. The summed E-state index contributed by atoms with van der Waals surface area (Å²) in [7, 11) is -1.27. The van der Waals surface area contributed by atoms with E-state index in [9.17, 15) is 15.1 Å². The molecule has 0 aromatic heterocycles. The molecule has 0 aliphatic rings. The topological polar surface area (TPSA) is 83.1 Å². The number of benzene rings is 1. The van der Waals surface area contributed by atoms with Crippen molar-refractivity contribution in [2.45, 2.75) is 19.5 Å². The number of nitrogens with zero attached hydrogens (tertiary/aromatic N) is 2. The molecule has 1 aromatic carbocycles. The standard InChI is InChI=1S/C17H21N2O3P/c1-6-16(2,3)17(12-18,13-19)15(23(20,21-4)22-5)14-10-8-7-9-11-14/h6-11,15H,1H2,2-5H3/t15-/m1/s1. The molecular weight excluding hydrogens is 311 g/mol. The van der Waals surface area contributed by atoms with Crippen molar-refractivity contribution in [3.05, 3.63) is 48.6 Å². The lowest BCUT2D eigenvalue weighted by Crippen LogP contribution is -2.40. The van der Waals surface area contributed by atoms with Crippen molar-refractivity contribution in [2.75, 3.05) is 14.2 Å². The smallest absolute Gasteiger partial charge is 0.311 e. The maximum Gasteiger partial charge on any atom is 0.340 e. The van der Waals surface area contributed by atoms with Crippen molar-refractivity contribution in [1.29, 1.82) is 10.5 Å². The summed E-state index contributed by atoms with van der Waals surface area (Å²) in [5.74, 6) is 0. The summed E-state index contributed by atoms with van der Waals surface area (Å²) in [6.45, 7) is 7.14. The minimum atomic E-state index is -3.77. The monoisotopic (exact) mass is 332 g/mol. The number of hydrogen-bond donors (Lipinski definition) is 0. The van der Waals surface area contributed by atoms with Crippen LogP contribution in [-0.2, 0) is 13.6 Å². The van der Waals surface area contributed by atoms with Gasteiger partial charge in [-0.1, -0.05) is 50.3 Å². The van der Waals surface area contributed by atoms with Crippen LogP contribution < -0.4 is 0 Å². The SMILES string of the molecule is C=CC(C)(C)C(C#N)(C#N)[C@@H](c1ccccc1)P(=O)(OC)OC. The molecular formula is C17H21N2O3P. The zero-order valence-electron chi connectivity index (χ0n) is 13.8. The molecule has 0 aliphatic heterocycles. The van der Waals surface area contributed by atoms with Crippen molar-refractivity contribution in [1.82, 2.24) is 0 Å². The highest BCUT2D eigenvalue weighted by molar-refractivity contribution is 7.54. The Balaban J connectivity index is 3.83. The van der Waals surface area contributed by atoms with Gasteiger partial charge in [-0.2, -0.15) is 10.5 Å². The van der Waals surface area contributed by atoms with Gasteiger partial charge in [0.05, 0.1) is 12.1 Å². The second kappa shape index (κ2) is 7.11. The van der Waals surface area contributed by atoms with Gasteiger partial charge in [0, 0.05) is 19.6 Å². The fraction of sp³-hybridized carbons (Fsp3) is 0.412. The van der Waals surface area contributed by atoms with E-state index in [0.29, 0.717) is 5.56 Å². The molecule has 0 heterocycles. The molecule has 0 saturated heterocycles. The molecule has 1 aromatic rings. The molecule has 1 atom stereocenters. The Morgan fingerprint density at radius 1 is 1.17 bits per heavy atom. The van der Waals surface area contributed by atoms with E-state index in [4.69, 9.17) is 9.05 Å². The van der Waals surface area contributed by atoms with E-state index in [1.54, 1.807) is 44.2 Å². The summed E-state index contributed by atoms with van der Waals surface area (Å²) in [6.07, 6.45) is 1.52. The van der Waals surface area contributed by atoms with Crippen LogP contribution in [0.3, 0.4) is 0 Å². The van der Waals surface area contributed by atoms with E-state index in [0.717, 1.165) is 0 Å². The molecule has 0 N–H and O–H groups in total. The lowest BCUT2D eigenvalue weighted by atomic mass is 9.64. The molecule has 0 spiro atoms. The first kappa shape index (κ1) is 19.1. The average molecular weight is 332 g/mol. The lowest BCUT2D eigenvalue weighted by Gasteiger charge is -2.41. The van der Waals surface area contributed by atoms with Gasteiger partial charge in [0.15, 0.2) is 5.41 Å². The van der Waals surface area contributed by atoms with Crippen LogP contribution in [0.5, 0.6) is 0 Å². The molecule has 6 heteroatoms. The molecule has 122 valence electrons. The summed E-state index contributed by atoms with van der Waals surface area (Å²) in [4.78, 5) is 0. The number of rotatable bonds is 7. The van der Waals surface area contributed by atoms with Crippen LogP contribution in [0.2, 0.25) is 0 Å². The Hall–Kier alpha value is -1.91. The molecule has 0 fully saturated rings. The number of allylic oxidation sites excluding steroid dienone is 1. The van der Waals surface area contributed by atoms with Crippen LogP contribution >= 0.6 is 7.60 Å². The molecule has 0 bridgehead atoms. The van der Waals surface area contributed by atoms with Crippen molar-refractivity contribution in [2.24, 2.45) is 10.8 Å². The third-order valence-electron chi connectivity index (χ3n) is 4.23. The number of nitriles is 2. The Bertz CT molecular complexity index is 664. The van der Waals surface area contributed by atoms with Gasteiger partial charge in [-0.15, -0.1) is 6.58 Å². The Morgan fingerprint density at radius 2 is 1.65 bits per heavy atom. The van der Waals surface area contributed by atoms with E-state index in [1.807, 2.05) is 0 Å². The van der Waals surface area contributed by atoms with Gasteiger partial charge in [-0.05, 0) is 5.56 Å². The predicted octanol–water partition coefficient (Wildman–Crippen LogP) is 4.46. The Kier molecular flexibility index (Phi) is 5.92. The molecule has 23 heavy (non-hydrogen) atoms. The normalized spacial score (nSPS) is 13.7. The molecule has 0 aliphatic carbocycles. The largest absolute Gasteiger partial charge is 0.340 e. The van der Waals surface area contributed by atoms with Gasteiger partial charge >= 0.3 is 7.60 Å². The van der Waals surface area contributed by atoms with Crippen molar-refractivity contribution in [3.8, 4) is 12.1 Å². The fourth-order valence-corrected chi connectivity index (χ4v) is 4.57. The summed E-state index contributed by atoms with van der Waals surface area (Å²) < 4.78 is 23.5. The van der Waals surface area contributed by atoms with Crippen LogP contribution in [0.25, 0.3) is 0 Å². The van der Waals surface area contributed by atoms with E-state index in [-0.39, 0.29) is 0 Å². The Labute approximate surface area is 137 Å². The average Bonchev–Trinajstić information content (AvgIpc) is 2.59. The van der Waals surface area contributed by atoms with Crippen molar-refractivity contribution < 1.29 is 13.6 Å². The molecule has 0 unspecified atom stereocenters. The summed E-state index contributed by atoms with van der Waals surface area (Å²) in [6, 6.07) is 12.8. The van der Waals surface area contributed by atoms with Gasteiger partial charge in [0.2, 0.25) is 0 Å². The molecule has 0 radical (unpaired) electrons. The summed E-state index contributed by atoms with van der Waals surface area (Å²) >= 11 is 0. The second-order valence-corrected chi connectivity index (χ2v) is 8.00. The minimum absolute atomic E-state index is 0.539. The zero-order valence-corrected chi connectivity index (χ0v) is 14.7. The fourth-order valence-electron chi connectivity index (χ4n) is 2.54. The van der Waals surface area contributed by atoms with Gasteiger partial charge in [0.1, 0.15) is 5.66 Å². The van der Waals surface area contributed by atoms with Crippen LogP contribution in [-0.4, -0.2) is 14.2 Å². The zero-order chi connectivity index (χ0) is 17.7. The van der Waals surface area contributed by atoms with Crippen molar-refractivity contribution >= 4 is 7.60 Å². The van der Waals surface area contributed by atoms with Gasteiger partial charge in [-0.25, -0.2) is 0 Å². The maximum absolute atomic E-state index is 13.2. The highest BCUT2D eigenvalue weighted by Crippen LogP contribution is 2.69. The first-order valence-corrected chi connectivity index (χ1v) is 8.62. The van der Waals surface area contributed by atoms with Crippen LogP contribution in [0.1, 0.15) is 25.1 Å². The van der Waals surface area contributed by atoms with E-state index >= 15 is 0 Å². The second-order valence-electron chi connectivity index (χ2n) is 5.68. The predicted molar refractivity (Wildman–Crippen MR) is 88.4 cm³/mol. The quantitative estimate of drug-likeness (QED) is 0.544.